The summed E-state index contributed by atoms with van der Waals surface area (Å²) in [7, 11) is 1.38. The summed E-state index contributed by atoms with van der Waals surface area (Å²) in [6.45, 7) is 5.10. The summed E-state index contributed by atoms with van der Waals surface area (Å²) < 4.78 is 15.8. The van der Waals surface area contributed by atoms with Crippen LogP contribution in [-0.2, 0) is 14.3 Å². The van der Waals surface area contributed by atoms with Crippen molar-refractivity contribution in [3.8, 4) is 16.9 Å². The van der Waals surface area contributed by atoms with Crippen molar-refractivity contribution in [3.05, 3.63) is 54.1 Å². The van der Waals surface area contributed by atoms with Gasteiger partial charge < -0.3 is 14.2 Å². The average molecular weight is 426 g/mol. The van der Waals surface area contributed by atoms with Crippen LogP contribution < -0.4 is 4.74 Å². The van der Waals surface area contributed by atoms with E-state index in [1.165, 1.54) is 7.11 Å². The van der Waals surface area contributed by atoms with Crippen LogP contribution in [0.4, 0.5) is 0 Å². The predicted octanol–water partition coefficient (Wildman–Crippen LogP) is 3.98. The highest BCUT2D eigenvalue weighted by Crippen LogP contribution is 2.23. The molecule has 1 heterocycles. The van der Waals surface area contributed by atoms with E-state index in [1.807, 2.05) is 48.5 Å². The highest BCUT2D eigenvalue weighted by molar-refractivity contribution is 5.96. The summed E-state index contributed by atoms with van der Waals surface area (Å²) in [6, 6.07) is 15.7. The summed E-state index contributed by atoms with van der Waals surface area (Å²) >= 11 is 0. The van der Waals surface area contributed by atoms with Gasteiger partial charge >= 0.3 is 5.97 Å². The van der Waals surface area contributed by atoms with Gasteiger partial charge in [-0.2, -0.15) is 0 Å². The van der Waals surface area contributed by atoms with Crippen LogP contribution in [0.15, 0.2) is 48.5 Å². The molecule has 0 atom stereocenters. The van der Waals surface area contributed by atoms with Gasteiger partial charge in [0.05, 0.1) is 20.3 Å². The Morgan fingerprint density at radius 3 is 2.16 bits per heavy atom. The Bertz CT molecular complexity index is 826. The lowest BCUT2D eigenvalue weighted by atomic mass is 10.00. The van der Waals surface area contributed by atoms with E-state index in [2.05, 4.69) is 9.64 Å². The van der Waals surface area contributed by atoms with Crippen LogP contribution >= 0.6 is 0 Å². The molecule has 1 fully saturated rings. The van der Waals surface area contributed by atoms with Crippen molar-refractivity contribution < 1.29 is 23.8 Å². The zero-order valence-corrected chi connectivity index (χ0v) is 18.2. The molecule has 0 spiro atoms. The molecule has 166 valence electrons. The molecule has 0 radical (unpaired) electrons. The van der Waals surface area contributed by atoms with Crippen molar-refractivity contribution in [2.45, 2.75) is 25.7 Å². The molecule has 0 saturated carbocycles. The first kappa shape index (κ1) is 23.0. The number of esters is 1. The SMILES string of the molecule is COC(=O)CCCCC(=O)c1ccc(-c2ccc(OCCN3CCOCC3)cc2)cc1. The number of carbonyl (C=O) groups is 2. The van der Waals surface area contributed by atoms with Crippen LogP contribution in [0.2, 0.25) is 0 Å². The van der Waals surface area contributed by atoms with Gasteiger partial charge in [-0.25, -0.2) is 0 Å². The number of ether oxygens (including phenoxy) is 3. The van der Waals surface area contributed by atoms with E-state index >= 15 is 0 Å². The van der Waals surface area contributed by atoms with E-state index in [1.54, 1.807) is 0 Å². The molecule has 0 aromatic heterocycles. The number of Topliss-reactive ketones (excluding diaryl/α,β-unsaturated/α-hetero) is 1. The Balaban J connectivity index is 1.44. The standard InChI is InChI=1S/C25H31NO5/c1-29-25(28)5-3-2-4-24(27)22-8-6-20(7-9-22)21-10-12-23(13-11-21)31-19-16-26-14-17-30-18-15-26/h6-13H,2-5,14-19H2,1H3. The van der Waals surface area contributed by atoms with Gasteiger partial charge in [0.1, 0.15) is 12.4 Å². The lowest BCUT2D eigenvalue weighted by molar-refractivity contribution is -0.140. The van der Waals surface area contributed by atoms with E-state index in [4.69, 9.17) is 9.47 Å². The normalized spacial score (nSPS) is 14.2. The fourth-order valence-electron chi connectivity index (χ4n) is 3.51. The lowest BCUT2D eigenvalue weighted by Crippen LogP contribution is -2.38. The minimum Gasteiger partial charge on any atom is -0.492 e. The number of unbranched alkanes of at least 4 members (excludes halogenated alkanes) is 1. The smallest absolute Gasteiger partial charge is 0.305 e. The first-order valence-corrected chi connectivity index (χ1v) is 10.9. The summed E-state index contributed by atoms with van der Waals surface area (Å²) in [6.07, 6.45) is 2.14. The molecule has 6 heteroatoms. The van der Waals surface area contributed by atoms with Crippen molar-refractivity contribution in [2.24, 2.45) is 0 Å². The molecule has 2 aromatic rings. The van der Waals surface area contributed by atoms with Gasteiger partial charge in [0.2, 0.25) is 0 Å². The molecule has 1 aliphatic rings. The van der Waals surface area contributed by atoms with Crippen LogP contribution in [0.5, 0.6) is 5.75 Å². The van der Waals surface area contributed by atoms with Crippen molar-refractivity contribution >= 4 is 11.8 Å². The molecule has 1 aliphatic heterocycles. The Hall–Kier alpha value is -2.70. The summed E-state index contributed by atoms with van der Waals surface area (Å²) in [5, 5.41) is 0. The molecule has 6 nitrogen and oxygen atoms in total. The molecule has 0 aliphatic carbocycles. The molecule has 2 aromatic carbocycles. The second kappa shape index (κ2) is 12.2. The van der Waals surface area contributed by atoms with Crippen molar-refractivity contribution in [3.63, 3.8) is 0 Å². The number of carbonyl (C=O) groups excluding carboxylic acids is 2. The number of morpholine rings is 1. The van der Waals surface area contributed by atoms with Crippen molar-refractivity contribution in [1.29, 1.82) is 0 Å². The maximum atomic E-state index is 12.3. The lowest BCUT2D eigenvalue weighted by Gasteiger charge is -2.26. The molecule has 31 heavy (non-hydrogen) atoms. The Kier molecular flexibility index (Phi) is 9.06. The quantitative estimate of drug-likeness (QED) is 0.308. The number of methoxy groups -OCH3 is 1. The number of hydrogen-bond acceptors (Lipinski definition) is 6. The first-order valence-electron chi connectivity index (χ1n) is 10.9. The third-order valence-electron chi connectivity index (χ3n) is 5.44. The zero-order chi connectivity index (χ0) is 21.9. The average Bonchev–Trinajstić information content (AvgIpc) is 2.83. The predicted molar refractivity (Wildman–Crippen MR) is 119 cm³/mol. The second-order valence-electron chi connectivity index (χ2n) is 7.61. The maximum Gasteiger partial charge on any atom is 0.305 e. The zero-order valence-electron chi connectivity index (χ0n) is 18.2. The third-order valence-corrected chi connectivity index (χ3v) is 5.44. The molecule has 3 rings (SSSR count). The van der Waals surface area contributed by atoms with Crippen LogP contribution in [0.3, 0.4) is 0 Å². The Labute approximate surface area is 184 Å². The molecule has 0 amide bonds. The van der Waals surface area contributed by atoms with Crippen LogP contribution in [-0.4, -0.2) is 63.2 Å². The van der Waals surface area contributed by atoms with E-state index in [9.17, 15) is 9.59 Å². The van der Waals surface area contributed by atoms with E-state index in [0.29, 0.717) is 37.9 Å². The largest absolute Gasteiger partial charge is 0.492 e. The summed E-state index contributed by atoms with van der Waals surface area (Å²) in [4.78, 5) is 25.8. The highest BCUT2D eigenvalue weighted by Gasteiger charge is 2.10. The first-order chi connectivity index (χ1) is 15.2. The van der Waals surface area contributed by atoms with Gasteiger partial charge in [-0.15, -0.1) is 0 Å². The van der Waals surface area contributed by atoms with Gasteiger partial charge in [0, 0.05) is 38.0 Å². The van der Waals surface area contributed by atoms with E-state index in [-0.39, 0.29) is 11.8 Å². The van der Waals surface area contributed by atoms with Crippen LogP contribution in [0.25, 0.3) is 11.1 Å². The monoisotopic (exact) mass is 425 g/mol. The summed E-state index contributed by atoms with van der Waals surface area (Å²) in [5.74, 6) is 0.724. The van der Waals surface area contributed by atoms with E-state index < -0.39 is 0 Å². The minimum absolute atomic E-state index is 0.0976. The molecular formula is C25H31NO5. The van der Waals surface area contributed by atoms with Crippen LogP contribution in [0, 0.1) is 0 Å². The Morgan fingerprint density at radius 1 is 0.903 bits per heavy atom. The number of nitrogens with zero attached hydrogens (tertiary/aromatic N) is 1. The highest BCUT2D eigenvalue weighted by atomic mass is 16.5. The van der Waals surface area contributed by atoms with Gasteiger partial charge in [-0.1, -0.05) is 36.4 Å². The molecular weight excluding hydrogens is 394 g/mol. The van der Waals surface area contributed by atoms with E-state index in [0.717, 1.165) is 49.7 Å². The topological polar surface area (TPSA) is 65.1 Å². The Morgan fingerprint density at radius 2 is 1.52 bits per heavy atom. The van der Waals surface area contributed by atoms with Crippen LogP contribution in [0.1, 0.15) is 36.0 Å². The molecule has 0 unspecified atom stereocenters. The number of rotatable bonds is 11. The molecule has 0 N–H and O–H groups in total. The number of hydrogen-bond donors (Lipinski definition) is 0. The van der Waals surface area contributed by atoms with Gasteiger partial charge in [0.15, 0.2) is 5.78 Å². The second-order valence-corrected chi connectivity index (χ2v) is 7.61. The van der Waals surface area contributed by atoms with Crippen molar-refractivity contribution in [1.82, 2.24) is 4.90 Å². The van der Waals surface area contributed by atoms with Gasteiger partial charge in [-0.05, 0) is 36.1 Å². The third kappa shape index (κ3) is 7.49. The minimum atomic E-state index is -0.231. The molecule has 0 bridgehead atoms. The number of ketones is 1. The fraction of sp³-hybridized carbons (Fsp3) is 0.440. The van der Waals surface area contributed by atoms with Gasteiger partial charge in [-0.3, -0.25) is 14.5 Å². The maximum absolute atomic E-state index is 12.3. The van der Waals surface area contributed by atoms with Crippen molar-refractivity contribution in [2.75, 3.05) is 46.6 Å². The summed E-state index contributed by atoms with van der Waals surface area (Å²) in [5.41, 5.74) is 2.84. The number of benzene rings is 2. The fourth-order valence-corrected chi connectivity index (χ4v) is 3.51. The van der Waals surface area contributed by atoms with Gasteiger partial charge in [0.25, 0.3) is 0 Å². The molecule has 1 saturated heterocycles.